The van der Waals surface area contributed by atoms with Crippen LogP contribution in [0, 0.1) is 0 Å². The first kappa shape index (κ1) is 12.6. The van der Waals surface area contributed by atoms with Crippen LogP contribution < -0.4 is 0 Å². The summed E-state index contributed by atoms with van der Waals surface area (Å²) in [4.78, 5) is 16.9. The molecule has 1 radical (unpaired) electrons. The molecular formula is C7H16GaO2+2. The standard InChI is InChI=1S/C5H8O2.2CH3.Ga/c1-4(6)3-5(2)7;;;/h3H2,1-2H3;2*1H3;/p+2. The molecule has 0 aliphatic carbocycles. The molecule has 10 heavy (non-hydrogen) atoms. The second-order valence-electron chi connectivity index (χ2n) is 2.22. The molecule has 0 unspecified atom stereocenters. The van der Waals surface area contributed by atoms with E-state index in [4.69, 9.17) is 9.59 Å². The molecule has 0 fully saturated rings. The van der Waals surface area contributed by atoms with Gasteiger partial charge >= 0.3 is 39.9 Å². The minimum absolute atomic E-state index is 0.250. The Hall–Kier alpha value is -0.0236. The minimum atomic E-state index is 0.250. The summed E-state index contributed by atoms with van der Waals surface area (Å²) in [6.45, 7) is 3.11. The molecule has 0 saturated carbocycles. The molecule has 0 atom stereocenters. The van der Waals surface area contributed by atoms with Crippen molar-refractivity contribution in [1.29, 1.82) is 0 Å². The Morgan fingerprint density at radius 1 is 1.10 bits per heavy atom. The Morgan fingerprint density at radius 2 is 1.30 bits per heavy atom. The second-order valence-corrected chi connectivity index (χ2v) is 4.65. The zero-order valence-corrected chi connectivity index (χ0v) is 9.60. The van der Waals surface area contributed by atoms with Gasteiger partial charge in [-0.3, -0.25) is 9.59 Å². The van der Waals surface area contributed by atoms with Gasteiger partial charge in [0.25, 0.3) is 0 Å². The zero-order chi connectivity index (χ0) is 8.57. The van der Waals surface area contributed by atoms with Gasteiger partial charge in [0, 0.05) is 13.8 Å². The number of hydrogen-bond donors (Lipinski definition) is 0. The molecule has 0 amide bonds. The van der Waals surface area contributed by atoms with E-state index < -0.39 is 0 Å². The van der Waals surface area contributed by atoms with Crippen LogP contribution in [0.4, 0.5) is 0 Å². The third kappa shape index (κ3) is 24.6. The maximum atomic E-state index is 8.46. The summed E-state index contributed by atoms with van der Waals surface area (Å²) in [6.07, 6.45) is 0.306. The van der Waals surface area contributed by atoms with Crippen molar-refractivity contribution in [3.8, 4) is 0 Å². The average Bonchev–Trinajstić information content (AvgIpc) is 1.62. The molecular weight excluding hydrogens is 186 g/mol. The molecule has 0 aromatic rings. The van der Waals surface area contributed by atoms with Crippen LogP contribution in [-0.4, -0.2) is 38.6 Å². The molecule has 0 aliphatic heterocycles. The fourth-order valence-electron chi connectivity index (χ4n) is 0.370. The van der Waals surface area contributed by atoms with Crippen LogP contribution in [0.1, 0.15) is 20.3 Å². The molecule has 2 nitrogen and oxygen atoms in total. The van der Waals surface area contributed by atoms with Crippen LogP contribution in [0.25, 0.3) is 0 Å². The molecule has 0 heterocycles. The van der Waals surface area contributed by atoms with Crippen molar-refractivity contribution in [1.82, 2.24) is 0 Å². The van der Waals surface area contributed by atoms with Crippen molar-refractivity contribution in [3.63, 3.8) is 0 Å². The molecule has 0 saturated heterocycles. The third-order valence-corrected chi connectivity index (χ3v) is 0.512. The Kier molecular flexibility index (Phi) is 11.3. The zero-order valence-electron chi connectivity index (χ0n) is 7.18. The predicted molar refractivity (Wildman–Crippen MR) is 47.3 cm³/mol. The van der Waals surface area contributed by atoms with E-state index in [1.54, 1.807) is 13.8 Å². The first-order valence-electron chi connectivity index (χ1n) is 3.31. The van der Waals surface area contributed by atoms with Crippen molar-refractivity contribution in [2.75, 3.05) is 0 Å². The van der Waals surface area contributed by atoms with Crippen molar-refractivity contribution < 1.29 is 9.59 Å². The van der Waals surface area contributed by atoms with Gasteiger partial charge in [0.1, 0.15) is 0 Å². The van der Waals surface area contributed by atoms with Gasteiger partial charge in [-0.1, -0.05) is 0 Å². The summed E-state index contributed by atoms with van der Waals surface area (Å²) in [7, 11) is 0. The first-order valence-corrected chi connectivity index (χ1v) is 8.15. The van der Waals surface area contributed by atoms with Crippen molar-refractivity contribution in [3.05, 3.63) is 0 Å². The van der Waals surface area contributed by atoms with Gasteiger partial charge in [-0.15, -0.1) is 0 Å². The number of rotatable bonds is 2. The van der Waals surface area contributed by atoms with Crippen LogP contribution >= 0.6 is 0 Å². The van der Waals surface area contributed by atoms with Crippen LogP contribution in [0.2, 0.25) is 11.0 Å². The SMILES string of the molecule is CC(=[OH+])CC(C)=[OH+].[CH3][Ga][CH3]. The van der Waals surface area contributed by atoms with E-state index in [0.717, 1.165) is 0 Å². The average molecular weight is 202 g/mol. The number of ketones is 2. The maximum absolute atomic E-state index is 8.46. The van der Waals surface area contributed by atoms with E-state index in [9.17, 15) is 0 Å². The summed E-state index contributed by atoms with van der Waals surface area (Å²) >= 11 is 0.312. The van der Waals surface area contributed by atoms with E-state index in [0.29, 0.717) is 23.8 Å². The van der Waals surface area contributed by atoms with Crippen molar-refractivity contribution in [2.24, 2.45) is 0 Å². The molecule has 0 aromatic carbocycles. The summed E-state index contributed by atoms with van der Waals surface area (Å²) in [5.74, 6) is 0.500. The molecule has 3 heteroatoms. The van der Waals surface area contributed by atoms with Gasteiger partial charge in [-0.05, 0) is 0 Å². The van der Waals surface area contributed by atoms with Crippen LogP contribution in [0.5, 0.6) is 0 Å². The molecule has 0 spiro atoms. The molecule has 0 aromatic heterocycles. The van der Waals surface area contributed by atoms with Crippen LogP contribution in [0.15, 0.2) is 0 Å². The van der Waals surface area contributed by atoms with Crippen LogP contribution in [0.3, 0.4) is 0 Å². The van der Waals surface area contributed by atoms with Crippen LogP contribution in [-0.2, 0) is 0 Å². The van der Waals surface area contributed by atoms with Gasteiger partial charge in [-0.25, -0.2) is 0 Å². The molecule has 0 aliphatic rings. The van der Waals surface area contributed by atoms with Crippen molar-refractivity contribution >= 4 is 29.0 Å². The summed E-state index contributed by atoms with van der Waals surface area (Å²) in [5, 5.41) is 0. The van der Waals surface area contributed by atoms with Gasteiger partial charge in [0.15, 0.2) is 6.42 Å². The summed E-state index contributed by atoms with van der Waals surface area (Å²) in [6, 6.07) is 0. The molecule has 0 bridgehead atoms. The van der Waals surface area contributed by atoms with E-state index in [1.807, 2.05) is 0 Å². The van der Waals surface area contributed by atoms with Crippen molar-refractivity contribution in [2.45, 2.75) is 31.2 Å². The van der Waals surface area contributed by atoms with Gasteiger partial charge in [0.05, 0.1) is 0 Å². The Bertz CT molecular complexity index is 98.2. The second kappa shape index (κ2) is 8.98. The Balaban J connectivity index is 0. The van der Waals surface area contributed by atoms with E-state index >= 15 is 0 Å². The fraction of sp³-hybridized carbons (Fsp3) is 0.714. The molecule has 57 valence electrons. The monoisotopic (exact) mass is 201 g/mol. The number of hydrogen-bond acceptors (Lipinski definition) is 0. The van der Waals surface area contributed by atoms with E-state index in [1.165, 1.54) is 0 Å². The van der Waals surface area contributed by atoms with Gasteiger partial charge in [0.2, 0.25) is 0 Å². The van der Waals surface area contributed by atoms with Gasteiger partial charge in [-0.2, -0.15) is 0 Å². The number of carbonyl (C=O) groups excluding carboxylic acids is 2. The normalized spacial score (nSPS) is 7.20. The predicted octanol–water partition coefficient (Wildman–Crippen LogP) is 1.29. The van der Waals surface area contributed by atoms with E-state index in [2.05, 4.69) is 11.0 Å². The topological polar surface area (TPSA) is 42.8 Å². The first-order chi connectivity index (χ1) is 4.54. The molecule has 2 N–H and O–H groups in total. The van der Waals surface area contributed by atoms with E-state index in [-0.39, 0.29) is 11.6 Å². The Morgan fingerprint density at radius 3 is 1.30 bits per heavy atom. The Labute approximate surface area is 70.2 Å². The van der Waals surface area contributed by atoms with Gasteiger partial charge < -0.3 is 0 Å². The third-order valence-electron chi connectivity index (χ3n) is 0.512. The fourth-order valence-corrected chi connectivity index (χ4v) is 0.370. The summed E-state index contributed by atoms with van der Waals surface area (Å²) in [5.41, 5.74) is 4.56. The quantitative estimate of drug-likeness (QED) is 0.368. The summed E-state index contributed by atoms with van der Waals surface area (Å²) < 4.78 is 0. The molecule has 0 rings (SSSR count).